The van der Waals surface area contributed by atoms with Crippen LogP contribution in [0.4, 0.5) is 5.69 Å². The van der Waals surface area contributed by atoms with Crippen molar-refractivity contribution in [2.45, 2.75) is 19.5 Å². The fraction of sp³-hybridized carbons (Fsp3) is 0.250. The Kier molecular flexibility index (Phi) is 5.08. The van der Waals surface area contributed by atoms with E-state index in [9.17, 15) is 0 Å². The molecule has 0 amide bonds. The van der Waals surface area contributed by atoms with Crippen molar-refractivity contribution >= 4 is 33.2 Å². The first-order valence-electron chi connectivity index (χ1n) is 6.48. The minimum absolute atomic E-state index is 0.0491. The summed E-state index contributed by atoms with van der Waals surface area (Å²) in [6.07, 6.45) is 0. The van der Waals surface area contributed by atoms with Crippen LogP contribution < -0.4 is 10.6 Å². The Morgan fingerprint density at radius 3 is 2.60 bits per heavy atom. The molecule has 0 bridgehead atoms. The molecule has 0 aliphatic heterocycles. The van der Waals surface area contributed by atoms with Crippen molar-refractivity contribution in [2.75, 3.05) is 11.9 Å². The molecule has 2 N–H and O–H groups in total. The van der Waals surface area contributed by atoms with E-state index in [1.54, 1.807) is 0 Å². The van der Waals surface area contributed by atoms with E-state index in [1.165, 1.54) is 5.56 Å². The number of hydrogen-bond acceptors (Lipinski definition) is 2. The number of halogens is 2. The Hall–Kier alpha value is -1.03. The molecule has 106 valence electrons. The maximum atomic E-state index is 6.28. The van der Waals surface area contributed by atoms with Crippen molar-refractivity contribution in [2.24, 2.45) is 5.73 Å². The van der Waals surface area contributed by atoms with E-state index in [1.807, 2.05) is 31.2 Å². The number of nitrogens with two attached hydrogens (primary N) is 1. The van der Waals surface area contributed by atoms with Gasteiger partial charge in [0.2, 0.25) is 0 Å². The highest BCUT2D eigenvalue weighted by atomic mass is 79.9. The predicted molar refractivity (Wildman–Crippen MR) is 90.3 cm³/mol. The van der Waals surface area contributed by atoms with Gasteiger partial charge < -0.3 is 10.6 Å². The van der Waals surface area contributed by atoms with E-state index < -0.39 is 0 Å². The first kappa shape index (κ1) is 15.4. The number of benzene rings is 2. The van der Waals surface area contributed by atoms with Gasteiger partial charge in [0.25, 0.3) is 0 Å². The molecule has 2 rings (SSSR count). The lowest BCUT2D eigenvalue weighted by Gasteiger charge is -2.21. The summed E-state index contributed by atoms with van der Waals surface area (Å²) in [7, 11) is 2.05. The molecule has 0 saturated heterocycles. The van der Waals surface area contributed by atoms with Crippen molar-refractivity contribution in [3.05, 3.63) is 63.1 Å². The Balaban J connectivity index is 2.17. The summed E-state index contributed by atoms with van der Waals surface area (Å²) < 4.78 is 1.09. The molecule has 0 radical (unpaired) electrons. The lowest BCUT2D eigenvalue weighted by atomic mass is 10.1. The summed E-state index contributed by atoms with van der Waals surface area (Å²) in [6, 6.07) is 14.3. The van der Waals surface area contributed by atoms with Crippen molar-refractivity contribution < 1.29 is 0 Å². The standard InChI is InChI=1S/C16H18BrClN2/c1-11(19)15-7-6-14(9-16(15)18)20(2)10-12-4-3-5-13(17)8-12/h3-9,11H,10,19H2,1-2H3. The van der Waals surface area contributed by atoms with Gasteiger partial charge in [0.05, 0.1) is 0 Å². The Bertz CT molecular complexity index is 599. The molecule has 0 fully saturated rings. The average molecular weight is 354 g/mol. The van der Waals surface area contributed by atoms with Crippen LogP contribution in [-0.2, 0) is 6.54 Å². The molecule has 2 nitrogen and oxygen atoms in total. The van der Waals surface area contributed by atoms with Gasteiger partial charge in [-0.15, -0.1) is 0 Å². The zero-order valence-electron chi connectivity index (χ0n) is 11.6. The summed E-state index contributed by atoms with van der Waals surface area (Å²) in [6.45, 7) is 2.76. The van der Waals surface area contributed by atoms with Crippen molar-refractivity contribution in [3.8, 4) is 0 Å². The van der Waals surface area contributed by atoms with E-state index in [2.05, 4.69) is 46.1 Å². The van der Waals surface area contributed by atoms with Crippen LogP contribution in [0.1, 0.15) is 24.1 Å². The van der Waals surface area contributed by atoms with Gasteiger partial charge in [0.15, 0.2) is 0 Å². The summed E-state index contributed by atoms with van der Waals surface area (Å²) in [5.41, 5.74) is 9.18. The Morgan fingerprint density at radius 1 is 1.25 bits per heavy atom. The van der Waals surface area contributed by atoms with Crippen LogP contribution in [-0.4, -0.2) is 7.05 Å². The fourth-order valence-corrected chi connectivity index (χ4v) is 2.92. The highest BCUT2D eigenvalue weighted by Gasteiger charge is 2.09. The molecule has 1 unspecified atom stereocenters. The molecule has 0 aromatic heterocycles. The van der Waals surface area contributed by atoms with E-state index in [4.69, 9.17) is 17.3 Å². The third kappa shape index (κ3) is 3.75. The minimum Gasteiger partial charge on any atom is -0.370 e. The van der Waals surface area contributed by atoms with Gasteiger partial charge in [-0.2, -0.15) is 0 Å². The van der Waals surface area contributed by atoms with Crippen LogP contribution in [0.2, 0.25) is 5.02 Å². The maximum absolute atomic E-state index is 6.28. The van der Waals surface area contributed by atoms with Crippen molar-refractivity contribution in [1.29, 1.82) is 0 Å². The molecule has 0 saturated carbocycles. The van der Waals surface area contributed by atoms with Gasteiger partial charge in [0, 0.05) is 34.8 Å². The van der Waals surface area contributed by atoms with E-state index in [0.717, 1.165) is 27.3 Å². The fourth-order valence-electron chi connectivity index (χ4n) is 2.12. The quantitative estimate of drug-likeness (QED) is 0.858. The summed E-state index contributed by atoms with van der Waals surface area (Å²) in [5, 5.41) is 0.721. The van der Waals surface area contributed by atoms with Gasteiger partial charge in [-0.05, 0) is 42.3 Å². The van der Waals surface area contributed by atoms with Gasteiger partial charge >= 0.3 is 0 Å². The van der Waals surface area contributed by atoms with Crippen LogP contribution in [0.3, 0.4) is 0 Å². The Morgan fingerprint density at radius 2 is 2.00 bits per heavy atom. The molecule has 20 heavy (non-hydrogen) atoms. The maximum Gasteiger partial charge on any atom is 0.0474 e. The predicted octanol–water partition coefficient (Wildman–Crippen LogP) is 4.76. The van der Waals surface area contributed by atoms with Gasteiger partial charge in [0.1, 0.15) is 0 Å². The second kappa shape index (κ2) is 6.61. The summed E-state index contributed by atoms with van der Waals surface area (Å²) in [4.78, 5) is 2.17. The lowest BCUT2D eigenvalue weighted by molar-refractivity contribution is 0.817. The smallest absolute Gasteiger partial charge is 0.0474 e. The molecular weight excluding hydrogens is 336 g/mol. The van der Waals surface area contributed by atoms with Gasteiger partial charge in [-0.1, -0.05) is 45.7 Å². The number of rotatable bonds is 4. The topological polar surface area (TPSA) is 29.3 Å². The van der Waals surface area contributed by atoms with Crippen molar-refractivity contribution in [3.63, 3.8) is 0 Å². The van der Waals surface area contributed by atoms with E-state index >= 15 is 0 Å². The van der Waals surface area contributed by atoms with E-state index in [-0.39, 0.29) is 6.04 Å². The third-order valence-electron chi connectivity index (χ3n) is 3.22. The highest BCUT2D eigenvalue weighted by Crippen LogP contribution is 2.27. The van der Waals surface area contributed by atoms with Crippen LogP contribution >= 0.6 is 27.5 Å². The minimum atomic E-state index is -0.0491. The molecule has 0 heterocycles. The zero-order chi connectivity index (χ0) is 14.7. The molecule has 0 spiro atoms. The van der Waals surface area contributed by atoms with Gasteiger partial charge in [-0.25, -0.2) is 0 Å². The monoisotopic (exact) mass is 352 g/mol. The zero-order valence-corrected chi connectivity index (χ0v) is 13.9. The molecular formula is C16H18BrClN2. The SMILES string of the molecule is CC(N)c1ccc(N(C)Cc2cccc(Br)c2)cc1Cl. The number of nitrogens with zero attached hydrogens (tertiary/aromatic N) is 1. The average Bonchev–Trinajstić information content (AvgIpc) is 2.38. The third-order valence-corrected chi connectivity index (χ3v) is 4.04. The largest absolute Gasteiger partial charge is 0.370 e. The first-order valence-corrected chi connectivity index (χ1v) is 7.65. The van der Waals surface area contributed by atoms with Crippen LogP contribution in [0, 0.1) is 0 Å². The molecule has 2 aromatic carbocycles. The summed E-state index contributed by atoms with van der Waals surface area (Å²) in [5.74, 6) is 0. The van der Waals surface area contributed by atoms with Gasteiger partial charge in [-0.3, -0.25) is 0 Å². The molecule has 0 aliphatic carbocycles. The summed E-state index contributed by atoms with van der Waals surface area (Å²) >= 11 is 9.77. The molecule has 0 aliphatic rings. The lowest BCUT2D eigenvalue weighted by Crippen LogP contribution is -2.16. The Labute approximate surface area is 133 Å². The number of anilines is 1. The molecule has 4 heteroatoms. The normalized spacial score (nSPS) is 12.2. The van der Waals surface area contributed by atoms with Crippen LogP contribution in [0.5, 0.6) is 0 Å². The van der Waals surface area contributed by atoms with Crippen molar-refractivity contribution in [1.82, 2.24) is 0 Å². The van der Waals surface area contributed by atoms with Crippen LogP contribution in [0.25, 0.3) is 0 Å². The van der Waals surface area contributed by atoms with E-state index in [0.29, 0.717) is 0 Å². The molecule has 1 atom stereocenters. The van der Waals surface area contributed by atoms with Crippen LogP contribution in [0.15, 0.2) is 46.9 Å². The molecule has 2 aromatic rings. The highest BCUT2D eigenvalue weighted by molar-refractivity contribution is 9.10. The second-order valence-electron chi connectivity index (χ2n) is 4.98. The second-order valence-corrected chi connectivity index (χ2v) is 6.30. The first-order chi connectivity index (χ1) is 9.47. The number of hydrogen-bond donors (Lipinski definition) is 1.